The first-order valence-electron chi connectivity index (χ1n) is 5.73. The summed E-state index contributed by atoms with van der Waals surface area (Å²) in [6.45, 7) is 0. The Labute approximate surface area is 122 Å². The standard InChI is InChI=1S/C14H8BrFN2O2/c15-7-4-5-11(9(16)6-7)18-13(19)8-2-1-3-10(17)12(8)14(18)20/h1-6H,17H2. The lowest BCUT2D eigenvalue weighted by molar-refractivity contribution is 0.0925. The lowest BCUT2D eigenvalue weighted by Crippen LogP contribution is -2.30. The summed E-state index contributed by atoms with van der Waals surface area (Å²) in [4.78, 5) is 25.4. The van der Waals surface area contributed by atoms with Gasteiger partial charge in [-0.1, -0.05) is 22.0 Å². The van der Waals surface area contributed by atoms with Crippen molar-refractivity contribution in [2.24, 2.45) is 0 Å². The third kappa shape index (κ3) is 1.72. The van der Waals surface area contributed by atoms with Crippen LogP contribution >= 0.6 is 15.9 Å². The third-order valence-corrected chi connectivity index (χ3v) is 3.59. The SMILES string of the molecule is Nc1cccc2c1C(=O)N(c1ccc(Br)cc1F)C2=O. The molecule has 0 bridgehead atoms. The molecule has 20 heavy (non-hydrogen) atoms. The Kier molecular flexibility index (Phi) is 2.83. The summed E-state index contributed by atoms with van der Waals surface area (Å²) in [5.41, 5.74) is 6.17. The lowest BCUT2D eigenvalue weighted by atomic mass is 10.1. The van der Waals surface area contributed by atoms with Crippen LogP contribution in [0.1, 0.15) is 20.7 Å². The fraction of sp³-hybridized carbons (Fsp3) is 0. The molecule has 4 nitrogen and oxygen atoms in total. The highest BCUT2D eigenvalue weighted by Gasteiger charge is 2.39. The number of halogens is 2. The van der Waals surface area contributed by atoms with Gasteiger partial charge in [0.2, 0.25) is 0 Å². The summed E-state index contributed by atoms with van der Waals surface area (Å²) < 4.78 is 14.5. The fourth-order valence-electron chi connectivity index (χ4n) is 2.19. The number of hydrogen-bond acceptors (Lipinski definition) is 3. The number of nitrogens with zero attached hydrogens (tertiary/aromatic N) is 1. The van der Waals surface area contributed by atoms with Gasteiger partial charge in [0.15, 0.2) is 0 Å². The number of nitrogens with two attached hydrogens (primary N) is 1. The highest BCUT2D eigenvalue weighted by molar-refractivity contribution is 9.10. The molecule has 6 heteroatoms. The second kappa shape index (κ2) is 4.42. The molecular formula is C14H8BrFN2O2. The second-order valence-electron chi connectivity index (χ2n) is 4.31. The van der Waals surface area contributed by atoms with Gasteiger partial charge in [0.25, 0.3) is 11.8 Å². The number of hydrogen-bond donors (Lipinski definition) is 1. The molecule has 0 saturated heterocycles. The molecule has 0 aromatic heterocycles. The highest BCUT2D eigenvalue weighted by atomic mass is 79.9. The number of imide groups is 1. The Morgan fingerprint density at radius 2 is 1.85 bits per heavy atom. The van der Waals surface area contributed by atoms with Gasteiger partial charge >= 0.3 is 0 Å². The van der Waals surface area contributed by atoms with Crippen molar-refractivity contribution in [1.29, 1.82) is 0 Å². The molecule has 2 aromatic carbocycles. The van der Waals surface area contributed by atoms with Crippen LogP contribution in [0, 0.1) is 5.82 Å². The minimum Gasteiger partial charge on any atom is -0.398 e. The Hall–Kier alpha value is -2.21. The molecule has 1 aliphatic heterocycles. The Morgan fingerprint density at radius 3 is 2.50 bits per heavy atom. The summed E-state index contributed by atoms with van der Waals surface area (Å²) in [7, 11) is 0. The molecule has 0 aliphatic carbocycles. The fourth-order valence-corrected chi connectivity index (χ4v) is 2.53. The molecule has 1 heterocycles. The maximum absolute atomic E-state index is 14.0. The molecule has 2 amide bonds. The predicted molar refractivity (Wildman–Crippen MR) is 76.1 cm³/mol. The van der Waals surface area contributed by atoms with Gasteiger partial charge in [0.1, 0.15) is 5.82 Å². The summed E-state index contributed by atoms with van der Waals surface area (Å²) in [5.74, 6) is -1.84. The number of nitrogen functional groups attached to an aromatic ring is 1. The molecule has 0 saturated carbocycles. The number of amides is 2. The second-order valence-corrected chi connectivity index (χ2v) is 5.23. The molecule has 2 aromatic rings. The third-order valence-electron chi connectivity index (χ3n) is 3.10. The van der Waals surface area contributed by atoms with E-state index in [0.717, 1.165) is 4.90 Å². The molecule has 3 rings (SSSR count). The number of anilines is 2. The van der Waals surface area contributed by atoms with Crippen LogP contribution in [0.5, 0.6) is 0 Å². The zero-order chi connectivity index (χ0) is 14.4. The van der Waals surface area contributed by atoms with E-state index >= 15 is 0 Å². The van der Waals surface area contributed by atoms with Crippen LogP contribution in [0.2, 0.25) is 0 Å². The van der Waals surface area contributed by atoms with Gasteiger partial charge in [-0.25, -0.2) is 9.29 Å². The molecular weight excluding hydrogens is 327 g/mol. The predicted octanol–water partition coefficient (Wildman–Crippen LogP) is 2.97. The molecule has 2 N–H and O–H groups in total. The van der Waals surface area contributed by atoms with Crippen LogP contribution in [0.4, 0.5) is 15.8 Å². The maximum atomic E-state index is 14.0. The van der Waals surface area contributed by atoms with E-state index in [0.29, 0.717) is 4.47 Å². The lowest BCUT2D eigenvalue weighted by Gasteiger charge is -2.14. The van der Waals surface area contributed by atoms with Gasteiger partial charge in [0.05, 0.1) is 16.8 Å². The van der Waals surface area contributed by atoms with Crippen molar-refractivity contribution in [1.82, 2.24) is 0 Å². The Bertz CT molecular complexity index is 761. The topological polar surface area (TPSA) is 63.4 Å². The average molecular weight is 335 g/mol. The van der Waals surface area contributed by atoms with Gasteiger partial charge in [-0.05, 0) is 30.3 Å². The molecule has 100 valence electrons. The quantitative estimate of drug-likeness (QED) is 0.644. The van der Waals surface area contributed by atoms with E-state index in [9.17, 15) is 14.0 Å². The average Bonchev–Trinajstić information content (AvgIpc) is 2.64. The van der Waals surface area contributed by atoms with Crippen molar-refractivity contribution in [3.05, 3.63) is 57.8 Å². The monoisotopic (exact) mass is 334 g/mol. The van der Waals surface area contributed by atoms with E-state index < -0.39 is 17.6 Å². The number of benzene rings is 2. The van der Waals surface area contributed by atoms with Gasteiger partial charge in [-0.2, -0.15) is 0 Å². The Morgan fingerprint density at radius 1 is 1.10 bits per heavy atom. The van der Waals surface area contributed by atoms with Crippen LogP contribution in [0.25, 0.3) is 0 Å². The molecule has 0 unspecified atom stereocenters. The van der Waals surface area contributed by atoms with Crippen molar-refractivity contribution in [2.45, 2.75) is 0 Å². The summed E-state index contributed by atoms with van der Waals surface area (Å²) in [6, 6.07) is 8.75. The zero-order valence-corrected chi connectivity index (χ0v) is 11.6. The summed E-state index contributed by atoms with van der Waals surface area (Å²) >= 11 is 3.13. The van der Waals surface area contributed by atoms with Crippen LogP contribution in [-0.2, 0) is 0 Å². The highest BCUT2D eigenvalue weighted by Crippen LogP contribution is 2.33. The first kappa shape index (κ1) is 12.8. The number of carbonyl (C=O) groups excluding carboxylic acids is 2. The molecule has 0 radical (unpaired) electrons. The first-order valence-corrected chi connectivity index (χ1v) is 6.52. The number of carbonyl (C=O) groups is 2. The largest absolute Gasteiger partial charge is 0.398 e. The van der Waals surface area contributed by atoms with E-state index in [-0.39, 0.29) is 22.5 Å². The summed E-state index contributed by atoms with van der Waals surface area (Å²) in [5, 5.41) is 0. The molecule has 1 aliphatic rings. The van der Waals surface area contributed by atoms with Crippen molar-refractivity contribution in [3.8, 4) is 0 Å². The molecule has 0 atom stereocenters. The van der Waals surface area contributed by atoms with Crippen LogP contribution in [0.3, 0.4) is 0 Å². The summed E-state index contributed by atoms with van der Waals surface area (Å²) in [6.07, 6.45) is 0. The maximum Gasteiger partial charge on any atom is 0.268 e. The van der Waals surface area contributed by atoms with Crippen molar-refractivity contribution in [2.75, 3.05) is 10.6 Å². The van der Waals surface area contributed by atoms with Crippen molar-refractivity contribution >= 4 is 39.1 Å². The van der Waals surface area contributed by atoms with Gasteiger partial charge in [-0.15, -0.1) is 0 Å². The van der Waals surface area contributed by atoms with Crippen LogP contribution in [0.15, 0.2) is 40.9 Å². The van der Waals surface area contributed by atoms with Crippen LogP contribution in [-0.4, -0.2) is 11.8 Å². The normalized spacial score (nSPS) is 13.8. The van der Waals surface area contributed by atoms with Gasteiger partial charge < -0.3 is 5.73 Å². The van der Waals surface area contributed by atoms with Gasteiger partial charge in [-0.3, -0.25) is 9.59 Å². The number of fused-ring (bicyclic) bond motifs is 1. The minimum absolute atomic E-state index is 0.0844. The van der Waals surface area contributed by atoms with Crippen LogP contribution < -0.4 is 10.6 Å². The molecule has 0 fully saturated rings. The zero-order valence-electron chi connectivity index (χ0n) is 10.1. The van der Waals surface area contributed by atoms with E-state index in [1.165, 1.54) is 24.3 Å². The smallest absolute Gasteiger partial charge is 0.268 e. The van der Waals surface area contributed by atoms with E-state index in [1.807, 2.05) is 0 Å². The van der Waals surface area contributed by atoms with Crippen molar-refractivity contribution < 1.29 is 14.0 Å². The first-order chi connectivity index (χ1) is 9.50. The van der Waals surface area contributed by atoms with Crippen molar-refractivity contribution in [3.63, 3.8) is 0 Å². The van der Waals surface area contributed by atoms with E-state index in [1.54, 1.807) is 12.1 Å². The Balaban J connectivity index is 2.17. The minimum atomic E-state index is -0.660. The van der Waals surface area contributed by atoms with E-state index in [4.69, 9.17) is 5.73 Å². The van der Waals surface area contributed by atoms with E-state index in [2.05, 4.69) is 15.9 Å². The number of rotatable bonds is 1. The van der Waals surface area contributed by atoms with Gasteiger partial charge in [0, 0.05) is 10.2 Å². The molecule has 0 spiro atoms.